The topological polar surface area (TPSA) is 32.3 Å². The molecule has 0 aromatic rings. The minimum Gasteiger partial charge on any atom is -0.341 e. The van der Waals surface area contributed by atoms with Gasteiger partial charge in [0.05, 0.1) is 0 Å². The number of carbonyl (C=O) groups excluding carboxylic acids is 1. The lowest BCUT2D eigenvalue weighted by atomic mass is 10.3. The Morgan fingerprint density at radius 2 is 2.38 bits per heavy atom. The molecule has 4 heteroatoms. The first-order valence-electron chi connectivity index (χ1n) is 6.33. The van der Waals surface area contributed by atoms with E-state index in [9.17, 15) is 4.79 Å². The second-order valence-electron chi connectivity index (χ2n) is 4.35. The van der Waals surface area contributed by atoms with Gasteiger partial charge in [0.15, 0.2) is 0 Å². The zero-order valence-corrected chi connectivity index (χ0v) is 11.3. The van der Waals surface area contributed by atoms with E-state index in [-0.39, 0.29) is 0 Å². The van der Waals surface area contributed by atoms with E-state index in [0.29, 0.717) is 11.9 Å². The number of hydrogen-bond acceptors (Lipinski definition) is 3. The third-order valence-electron chi connectivity index (χ3n) is 2.83. The minimum atomic E-state index is 0.329. The fourth-order valence-electron chi connectivity index (χ4n) is 1.96. The summed E-state index contributed by atoms with van der Waals surface area (Å²) in [4.78, 5) is 13.4. The molecule has 1 fully saturated rings. The summed E-state index contributed by atoms with van der Waals surface area (Å²) in [7, 11) is 0. The molecule has 3 nitrogen and oxygen atoms in total. The number of likely N-dealkylation sites (tertiary alicyclic amines) is 1. The summed E-state index contributed by atoms with van der Waals surface area (Å²) >= 11 is 1.99. The predicted molar refractivity (Wildman–Crippen MR) is 70.9 cm³/mol. The van der Waals surface area contributed by atoms with Crippen LogP contribution in [-0.2, 0) is 4.79 Å². The maximum Gasteiger partial charge on any atom is 0.222 e. The average Bonchev–Trinajstić information content (AvgIpc) is 2.64. The minimum absolute atomic E-state index is 0.329. The van der Waals surface area contributed by atoms with E-state index < -0.39 is 0 Å². The molecule has 94 valence electrons. The maximum absolute atomic E-state index is 11.4. The lowest BCUT2D eigenvalue weighted by Gasteiger charge is -2.21. The highest BCUT2D eigenvalue weighted by Crippen LogP contribution is 2.09. The summed E-state index contributed by atoms with van der Waals surface area (Å²) in [5.41, 5.74) is 0. The monoisotopic (exact) mass is 244 g/mol. The third-order valence-corrected chi connectivity index (χ3v) is 3.81. The number of rotatable bonds is 8. The van der Waals surface area contributed by atoms with Crippen molar-refractivity contribution in [3.05, 3.63) is 0 Å². The summed E-state index contributed by atoms with van der Waals surface area (Å²) in [6.07, 6.45) is 3.01. The first-order valence-corrected chi connectivity index (χ1v) is 7.48. The molecule has 0 aromatic carbocycles. The molecule has 1 aliphatic heterocycles. The van der Waals surface area contributed by atoms with Crippen LogP contribution in [0.5, 0.6) is 0 Å². The van der Waals surface area contributed by atoms with Gasteiger partial charge in [0.2, 0.25) is 5.91 Å². The van der Waals surface area contributed by atoms with Gasteiger partial charge in [-0.1, -0.05) is 6.92 Å². The first kappa shape index (κ1) is 13.8. The van der Waals surface area contributed by atoms with Crippen LogP contribution in [0.25, 0.3) is 0 Å². The van der Waals surface area contributed by atoms with E-state index >= 15 is 0 Å². The van der Waals surface area contributed by atoms with Gasteiger partial charge in [0.1, 0.15) is 0 Å². The van der Waals surface area contributed by atoms with E-state index in [0.717, 1.165) is 32.5 Å². The molecular formula is C12H24N2OS. The van der Waals surface area contributed by atoms with E-state index in [1.165, 1.54) is 17.9 Å². The maximum atomic E-state index is 11.4. The normalized spacial score (nSPS) is 18.1. The molecule has 1 saturated heterocycles. The van der Waals surface area contributed by atoms with Crippen molar-refractivity contribution in [3.63, 3.8) is 0 Å². The highest BCUT2D eigenvalue weighted by atomic mass is 32.2. The summed E-state index contributed by atoms with van der Waals surface area (Å²) in [5.74, 6) is 2.77. The number of hydrogen-bond donors (Lipinski definition) is 1. The Bertz CT molecular complexity index is 211. The quantitative estimate of drug-likeness (QED) is 0.660. The number of nitrogens with one attached hydrogen (secondary N) is 1. The molecule has 1 N–H and O–H groups in total. The first-order chi connectivity index (χ1) is 7.74. The van der Waals surface area contributed by atoms with Crippen LogP contribution in [0.1, 0.15) is 33.1 Å². The van der Waals surface area contributed by atoms with Crippen molar-refractivity contribution < 1.29 is 4.79 Å². The van der Waals surface area contributed by atoms with Gasteiger partial charge in [-0.3, -0.25) is 4.79 Å². The van der Waals surface area contributed by atoms with Crippen LogP contribution in [0.15, 0.2) is 0 Å². The number of thioether (sulfide) groups is 1. The van der Waals surface area contributed by atoms with Gasteiger partial charge in [-0.05, 0) is 37.8 Å². The van der Waals surface area contributed by atoms with E-state index in [1.54, 1.807) is 0 Å². The summed E-state index contributed by atoms with van der Waals surface area (Å²) < 4.78 is 0. The SMILES string of the molecule is CCSCCCNC(C)CN1CCCC1=O. The molecule has 1 aliphatic rings. The van der Waals surface area contributed by atoms with Gasteiger partial charge >= 0.3 is 0 Å². The van der Waals surface area contributed by atoms with Gasteiger partial charge in [0, 0.05) is 25.6 Å². The Labute approximate surface area is 103 Å². The fourth-order valence-corrected chi connectivity index (χ4v) is 2.60. The van der Waals surface area contributed by atoms with Crippen molar-refractivity contribution in [3.8, 4) is 0 Å². The van der Waals surface area contributed by atoms with Gasteiger partial charge in [0.25, 0.3) is 0 Å². The number of amides is 1. The molecule has 1 amide bonds. The van der Waals surface area contributed by atoms with Crippen LogP contribution in [0.3, 0.4) is 0 Å². The van der Waals surface area contributed by atoms with Gasteiger partial charge in [-0.25, -0.2) is 0 Å². The molecule has 0 saturated carbocycles. The Balaban J connectivity index is 2.02. The summed E-state index contributed by atoms with van der Waals surface area (Å²) in [6, 6.07) is 0.425. The Hall–Kier alpha value is -0.220. The standard InChI is InChI=1S/C12H24N2OS/c1-3-16-9-5-7-13-11(2)10-14-8-4-6-12(14)15/h11,13H,3-10H2,1-2H3. The fraction of sp³-hybridized carbons (Fsp3) is 0.917. The van der Waals surface area contributed by atoms with Crippen LogP contribution in [-0.4, -0.2) is 48.0 Å². The van der Waals surface area contributed by atoms with Crippen LogP contribution in [0.2, 0.25) is 0 Å². The highest BCUT2D eigenvalue weighted by molar-refractivity contribution is 7.99. The van der Waals surface area contributed by atoms with Crippen LogP contribution >= 0.6 is 11.8 Å². The molecule has 0 bridgehead atoms. The second kappa shape index (κ2) is 7.96. The van der Waals surface area contributed by atoms with Crippen molar-refractivity contribution in [2.24, 2.45) is 0 Å². The van der Waals surface area contributed by atoms with Crippen LogP contribution in [0.4, 0.5) is 0 Å². The Kier molecular flexibility index (Phi) is 6.88. The lowest BCUT2D eigenvalue weighted by molar-refractivity contribution is -0.127. The molecule has 0 radical (unpaired) electrons. The van der Waals surface area contributed by atoms with Crippen LogP contribution < -0.4 is 5.32 Å². The van der Waals surface area contributed by atoms with Crippen molar-refractivity contribution in [1.29, 1.82) is 0 Å². The number of nitrogens with zero attached hydrogens (tertiary/aromatic N) is 1. The second-order valence-corrected chi connectivity index (χ2v) is 5.74. The predicted octanol–water partition coefficient (Wildman–Crippen LogP) is 1.73. The van der Waals surface area contributed by atoms with Gasteiger partial charge in [-0.2, -0.15) is 11.8 Å². The number of carbonyl (C=O) groups is 1. The smallest absolute Gasteiger partial charge is 0.222 e. The van der Waals surface area contributed by atoms with Gasteiger partial charge < -0.3 is 10.2 Å². The summed E-state index contributed by atoms with van der Waals surface area (Å²) in [6.45, 7) is 7.25. The largest absolute Gasteiger partial charge is 0.341 e. The van der Waals surface area contributed by atoms with Crippen molar-refractivity contribution in [1.82, 2.24) is 10.2 Å². The Morgan fingerprint density at radius 1 is 1.56 bits per heavy atom. The molecule has 1 atom stereocenters. The van der Waals surface area contributed by atoms with E-state index in [2.05, 4.69) is 19.2 Å². The highest BCUT2D eigenvalue weighted by Gasteiger charge is 2.21. The molecule has 1 unspecified atom stereocenters. The molecule has 0 aromatic heterocycles. The lowest BCUT2D eigenvalue weighted by Crippen LogP contribution is -2.40. The van der Waals surface area contributed by atoms with Crippen molar-refractivity contribution in [2.75, 3.05) is 31.1 Å². The molecular weight excluding hydrogens is 220 g/mol. The summed E-state index contributed by atoms with van der Waals surface area (Å²) in [5, 5.41) is 3.48. The van der Waals surface area contributed by atoms with Crippen molar-refractivity contribution in [2.45, 2.75) is 39.2 Å². The third kappa shape index (κ3) is 5.21. The van der Waals surface area contributed by atoms with Gasteiger partial charge in [-0.15, -0.1) is 0 Å². The molecule has 1 rings (SSSR count). The zero-order valence-electron chi connectivity index (χ0n) is 10.5. The zero-order chi connectivity index (χ0) is 11.8. The van der Waals surface area contributed by atoms with Crippen molar-refractivity contribution >= 4 is 17.7 Å². The van der Waals surface area contributed by atoms with E-state index in [4.69, 9.17) is 0 Å². The molecule has 16 heavy (non-hydrogen) atoms. The Morgan fingerprint density at radius 3 is 3.00 bits per heavy atom. The average molecular weight is 244 g/mol. The van der Waals surface area contributed by atoms with Crippen LogP contribution in [0, 0.1) is 0 Å². The molecule has 0 spiro atoms. The molecule has 0 aliphatic carbocycles. The molecule has 1 heterocycles. The van der Waals surface area contributed by atoms with E-state index in [1.807, 2.05) is 16.7 Å².